The summed E-state index contributed by atoms with van der Waals surface area (Å²) >= 11 is 5.55. The molecule has 2 aromatic rings. The van der Waals surface area contributed by atoms with Crippen LogP contribution in [0.5, 0.6) is 0 Å². The summed E-state index contributed by atoms with van der Waals surface area (Å²) in [5.41, 5.74) is -1.28. The van der Waals surface area contributed by atoms with Crippen molar-refractivity contribution in [2.75, 3.05) is 5.32 Å². The van der Waals surface area contributed by atoms with Gasteiger partial charge in [0, 0.05) is 17.8 Å². The van der Waals surface area contributed by atoms with Crippen LogP contribution in [0.1, 0.15) is 10.4 Å². The Bertz CT molecular complexity index is 667. The van der Waals surface area contributed by atoms with E-state index in [0.717, 1.165) is 6.07 Å². The third-order valence-corrected chi connectivity index (χ3v) is 2.55. The van der Waals surface area contributed by atoms with E-state index in [0.29, 0.717) is 0 Å². The first-order valence-corrected chi connectivity index (χ1v) is 5.54. The third kappa shape index (κ3) is 2.72. The van der Waals surface area contributed by atoms with E-state index in [9.17, 15) is 22.4 Å². The number of nitrogens with one attached hydrogen (secondary N) is 1. The predicted octanol–water partition coefficient (Wildman–Crippen LogP) is 3.54. The molecule has 0 unspecified atom stereocenters. The van der Waals surface area contributed by atoms with Gasteiger partial charge in [0.1, 0.15) is 10.8 Å². The van der Waals surface area contributed by atoms with Gasteiger partial charge in [0.25, 0.3) is 5.91 Å². The van der Waals surface area contributed by atoms with E-state index in [2.05, 4.69) is 4.98 Å². The number of amides is 1. The fourth-order valence-corrected chi connectivity index (χ4v) is 1.59. The number of anilines is 1. The lowest BCUT2D eigenvalue weighted by atomic mass is 10.2. The van der Waals surface area contributed by atoms with Gasteiger partial charge in [-0.05, 0) is 12.1 Å². The van der Waals surface area contributed by atoms with Crippen molar-refractivity contribution < 1.29 is 22.4 Å². The van der Waals surface area contributed by atoms with Crippen LogP contribution in [0.25, 0.3) is 0 Å². The number of halogens is 5. The van der Waals surface area contributed by atoms with E-state index in [-0.39, 0.29) is 16.8 Å². The van der Waals surface area contributed by atoms with Gasteiger partial charge in [-0.1, -0.05) is 11.6 Å². The van der Waals surface area contributed by atoms with Crippen molar-refractivity contribution in [3.63, 3.8) is 0 Å². The number of carbonyl (C=O) groups excluding carboxylic acids is 1. The zero-order valence-corrected chi connectivity index (χ0v) is 10.3. The van der Waals surface area contributed by atoms with E-state index in [1.54, 1.807) is 5.32 Å². The van der Waals surface area contributed by atoms with Crippen LogP contribution in [0.15, 0.2) is 24.4 Å². The van der Waals surface area contributed by atoms with Gasteiger partial charge in [-0.3, -0.25) is 4.79 Å². The molecule has 0 radical (unpaired) electrons. The second-order valence-corrected chi connectivity index (χ2v) is 4.05. The number of hydrogen-bond acceptors (Lipinski definition) is 2. The van der Waals surface area contributed by atoms with Crippen molar-refractivity contribution in [1.29, 1.82) is 0 Å². The predicted molar refractivity (Wildman–Crippen MR) is 63.5 cm³/mol. The van der Waals surface area contributed by atoms with Crippen molar-refractivity contribution in [2.45, 2.75) is 0 Å². The highest BCUT2D eigenvalue weighted by molar-refractivity contribution is 6.29. The smallest absolute Gasteiger partial charge is 0.255 e. The maximum Gasteiger partial charge on any atom is 0.255 e. The van der Waals surface area contributed by atoms with Crippen molar-refractivity contribution in [2.24, 2.45) is 0 Å². The van der Waals surface area contributed by atoms with Gasteiger partial charge < -0.3 is 5.32 Å². The van der Waals surface area contributed by atoms with Gasteiger partial charge in [-0.15, -0.1) is 0 Å². The van der Waals surface area contributed by atoms with Crippen LogP contribution in [0.3, 0.4) is 0 Å². The molecule has 0 bridgehead atoms. The Kier molecular flexibility index (Phi) is 3.89. The summed E-state index contributed by atoms with van der Waals surface area (Å²) in [5.74, 6) is -7.62. The summed E-state index contributed by atoms with van der Waals surface area (Å²) in [6.07, 6.45) is 1.19. The van der Waals surface area contributed by atoms with E-state index in [1.807, 2.05) is 0 Å². The van der Waals surface area contributed by atoms with Crippen LogP contribution in [0.2, 0.25) is 5.15 Å². The lowest BCUT2D eigenvalue weighted by Gasteiger charge is -2.09. The molecule has 0 atom stereocenters. The van der Waals surface area contributed by atoms with Crippen LogP contribution < -0.4 is 5.32 Å². The van der Waals surface area contributed by atoms with Crippen molar-refractivity contribution in [3.05, 3.63) is 58.4 Å². The molecule has 3 nitrogen and oxygen atoms in total. The quantitative estimate of drug-likeness (QED) is 0.524. The Balaban J connectivity index is 2.38. The van der Waals surface area contributed by atoms with Gasteiger partial charge in [0.2, 0.25) is 0 Å². The van der Waals surface area contributed by atoms with E-state index >= 15 is 0 Å². The van der Waals surface area contributed by atoms with Gasteiger partial charge in [-0.25, -0.2) is 22.5 Å². The largest absolute Gasteiger partial charge is 0.317 e. The summed E-state index contributed by atoms with van der Waals surface area (Å²) in [7, 11) is 0. The number of pyridine rings is 1. The molecule has 20 heavy (non-hydrogen) atoms. The van der Waals surface area contributed by atoms with Crippen molar-refractivity contribution in [1.82, 2.24) is 4.98 Å². The van der Waals surface area contributed by atoms with Crippen LogP contribution in [0.4, 0.5) is 23.2 Å². The molecule has 1 aromatic carbocycles. The Morgan fingerprint density at radius 1 is 1.10 bits per heavy atom. The van der Waals surface area contributed by atoms with Crippen LogP contribution in [0, 0.1) is 23.3 Å². The number of carbonyl (C=O) groups is 1. The summed E-state index contributed by atoms with van der Waals surface area (Å²) in [5, 5.41) is 1.72. The molecule has 0 aliphatic heterocycles. The lowest BCUT2D eigenvalue weighted by molar-refractivity contribution is 0.102. The lowest BCUT2D eigenvalue weighted by Crippen LogP contribution is -2.16. The zero-order valence-electron chi connectivity index (χ0n) is 9.55. The number of aromatic nitrogens is 1. The Hall–Kier alpha value is -2.15. The molecule has 8 heteroatoms. The SMILES string of the molecule is O=C(Nc1c(F)c(F)cc(F)c1F)c1ccnc(Cl)c1. The molecular weight excluding hydrogens is 300 g/mol. The molecule has 0 fully saturated rings. The number of hydrogen-bond donors (Lipinski definition) is 1. The molecule has 0 spiro atoms. The van der Waals surface area contributed by atoms with Gasteiger partial charge in [0.15, 0.2) is 23.3 Å². The molecule has 1 aromatic heterocycles. The highest BCUT2D eigenvalue weighted by Gasteiger charge is 2.21. The van der Waals surface area contributed by atoms with Crippen LogP contribution >= 0.6 is 11.6 Å². The fourth-order valence-electron chi connectivity index (χ4n) is 1.41. The van der Waals surface area contributed by atoms with Crippen molar-refractivity contribution in [3.8, 4) is 0 Å². The number of nitrogens with zero attached hydrogens (tertiary/aromatic N) is 1. The first-order chi connectivity index (χ1) is 9.40. The molecule has 1 heterocycles. The summed E-state index contributed by atoms with van der Waals surface area (Å²) < 4.78 is 52.7. The Labute approximate surface area is 115 Å². The zero-order chi connectivity index (χ0) is 14.9. The molecule has 2 rings (SSSR count). The molecule has 104 valence electrons. The van der Waals surface area contributed by atoms with Crippen LogP contribution in [-0.2, 0) is 0 Å². The Morgan fingerprint density at radius 2 is 1.70 bits per heavy atom. The summed E-state index contributed by atoms with van der Waals surface area (Å²) in [4.78, 5) is 15.3. The number of rotatable bonds is 2. The normalized spacial score (nSPS) is 10.4. The molecule has 1 N–H and O–H groups in total. The number of benzene rings is 1. The Morgan fingerprint density at radius 3 is 2.25 bits per heavy atom. The van der Waals surface area contributed by atoms with Gasteiger partial charge in [0.05, 0.1) is 0 Å². The maximum atomic E-state index is 13.4. The highest BCUT2D eigenvalue weighted by Crippen LogP contribution is 2.24. The van der Waals surface area contributed by atoms with Crippen molar-refractivity contribution >= 4 is 23.2 Å². The van der Waals surface area contributed by atoms with E-state index in [1.165, 1.54) is 12.3 Å². The topological polar surface area (TPSA) is 42.0 Å². The standard InChI is InChI=1S/C12H5ClF4N2O/c13-8-3-5(1-2-18-8)12(20)19-11-9(16)6(14)4-7(15)10(11)17/h1-4H,(H,19,20). The maximum absolute atomic E-state index is 13.4. The van der Waals surface area contributed by atoms with Crippen LogP contribution in [-0.4, -0.2) is 10.9 Å². The molecule has 0 aliphatic carbocycles. The molecular formula is C12H5ClF4N2O. The minimum Gasteiger partial charge on any atom is -0.317 e. The highest BCUT2D eigenvalue weighted by atomic mass is 35.5. The third-order valence-electron chi connectivity index (χ3n) is 2.34. The average Bonchev–Trinajstić information content (AvgIpc) is 2.41. The summed E-state index contributed by atoms with van der Waals surface area (Å²) in [6.45, 7) is 0. The van der Waals surface area contributed by atoms with E-state index in [4.69, 9.17) is 11.6 Å². The first kappa shape index (κ1) is 14.3. The molecule has 0 aliphatic rings. The molecule has 1 amide bonds. The van der Waals surface area contributed by atoms with Gasteiger partial charge in [-0.2, -0.15) is 0 Å². The first-order valence-electron chi connectivity index (χ1n) is 5.16. The second kappa shape index (κ2) is 5.46. The average molecular weight is 305 g/mol. The second-order valence-electron chi connectivity index (χ2n) is 3.66. The minimum atomic E-state index is -1.70. The van der Waals surface area contributed by atoms with Gasteiger partial charge >= 0.3 is 0 Å². The summed E-state index contributed by atoms with van der Waals surface area (Å²) in [6, 6.07) is 2.39. The van der Waals surface area contributed by atoms with E-state index < -0.39 is 34.9 Å². The molecule has 0 saturated carbocycles. The minimum absolute atomic E-state index is 0.0241. The monoisotopic (exact) mass is 304 g/mol. The molecule has 0 saturated heterocycles. The fraction of sp³-hybridized carbons (Fsp3) is 0.